The molecule has 2 aromatic rings. The maximum Gasteiger partial charge on any atom is 0.314 e. The third kappa shape index (κ3) is 4.99. The fourth-order valence-corrected chi connectivity index (χ4v) is 2.45. The highest BCUT2D eigenvalue weighted by molar-refractivity contribution is 6.43. The predicted molar refractivity (Wildman–Crippen MR) is 102 cm³/mol. The zero-order valence-corrected chi connectivity index (χ0v) is 15.5. The van der Waals surface area contributed by atoms with Crippen LogP contribution in [0.2, 0.25) is 0 Å². The highest BCUT2D eigenvalue weighted by Crippen LogP contribution is 2.30. The minimum Gasteiger partial charge on any atom is -0.490 e. The fourth-order valence-electron chi connectivity index (χ4n) is 2.45. The van der Waals surface area contributed by atoms with Crippen molar-refractivity contribution in [3.05, 3.63) is 47.5 Å². The molecule has 2 amide bonds. The molecule has 0 aliphatic heterocycles. The molecule has 0 aliphatic carbocycles. The van der Waals surface area contributed by atoms with Gasteiger partial charge in [-0.05, 0) is 51.5 Å². The fraction of sp³-hybridized carbons (Fsp3) is 0.300. The molecule has 2 N–H and O–H groups in total. The SMILES string of the molecule is CCOc1ccc(NC(=O)C(=O)Nc2ccc(C)cc2C)cc1OCC. The molecule has 0 atom stereocenters. The summed E-state index contributed by atoms with van der Waals surface area (Å²) >= 11 is 0. The Balaban J connectivity index is 2.08. The van der Waals surface area contributed by atoms with Gasteiger partial charge in [0.1, 0.15) is 0 Å². The van der Waals surface area contributed by atoms with Gasteiger partial charge in [-0.2, -0.15) is 0 Å². The summed E-state index contributed by atoms with van der Waals surface area (Å²) in [5.41, 5.74) is 3.05. The molecular formula is C20H24N2O4. The van der Waals surface area contributed by atoms with E-state index >= 15 is 0 Å². The molecule has 6 heteroatoms. The van der Waals surface area contributed by atoms with E-state index in [-0.39, 0.29) is 0 Å². The van der Waals surface area contributed by atoms with Gasteiger partial charge in [0.25, 0.3) is 0 Å². The molecule has 0 aliphatic rings. The second kappa shape index (κ2) is 8.89. The molecule has 0 bridgehead atoms. The van der Waals surface area contributed by atoms with Crippen molar-refractivity contribution in [3.8, 4) is 11.5 Å². The van der Waals surface area contributed by atoms with Gasteiger partial charge in [0.2, 0.25) is 0 Å². The van der Waals surface area contributed by atoms with Crippen LogP contribution in [0, 0.1) is 13.8 Å². The normalized spacial score (nSPS) is 10.2. The standard InChI is InChI=1S/C20H24N2O4/c1-5-25-17-10-8-15(12-18(17)26-6-2)21-19(23)20(24)22-16-9-7-13(3)11-14(16)4/h7-12H,5-6H2,1-4H3,(H,21,23)(H,22,24). The van der Waals surface area contributed by atoms with E-state index < -0.39 is 11.8 Å². The van der Waals surface area contributed by atoms with Gasteiger partial charge in [-0.1, -0.05) is 17.7 Å². The molecule has 0 fully saturated rings. The molecule has 2 rings (SSSR count). The first-order chi connectivity index (χ1) is 12.4. The summed E-state index contributed by atoms with van der Waals surface area (Å²) in [5.74, 6) is -0.380. The minimum atomic E-state index is -0.753. The Hall–Kier alpha value is -3.02. The predicted octanol–water partition coefficient (Wildman–Crippen LogP) is 3.68. The van der Waals surface area contributed by atoms with Gasteiger partial charge in [-0.3, -0.25) is 9.59 Å². The quantitative estimate of drug-likeness (QED) is 0.774. The molecule has 26 heavy (non-hydrogen) atoms. The molecule has 0 radical (unpaired) electrons. The van der Waals surface area contributed by atoms with Crippen molar-refractivity contribution in [1.29, 1.82) is 0 Å². The number of ether oxygens (including phenoxy) is 2. The van der Waals surface area contributed by atoms with Gasteiger partial charge in [-0.25, -0.2) is 0 Å². The van der Waals surface area contributed by atoms with E-state index in [1.165, 1.54) is 0 Å². The van der Waals surface area contributed by atoms with Gasteiger partial charge < -0.3 is 20.1 Å². The molecule has 0 saturated heterocycles. The Bertz CT molecular complexity index is 802. The molecule has 0 spiro atoms. The lowest BCUT2D eigenvalue weighted by molar-refractivity contribution is -0.133. The lowest BCUT2D eigenvalue weighted by Gasteiger charge is -2.13. The largest absolute Gasteiger partial charge is 0.490 e. The average Bonchev–Trinajstić information content (AvgIpc) is 2.60. The summed E-state index contributed by atoms with van der Waals surface area (Å²) < 4.78 is 11.0. The van der Waals surface area contributed by atoms with Crippen LogP contribution >= 0.6 is 0 Å². The van der Waals surface area contributed by atoms with Crippen LogP contribution < -0.4 is 20.1 Å². The maximum atomic E-state index is 12.2. The average molecular weight is 356 g/mol. The van der Waals surface area contributed by atoms with Crippen molar-refractivity contribution in [2.24, 2.45) is 0 Å². The molecule has 0 aromatic heterocycles. The third-order valence-corrected chi connectivity index (χ3v) is 3.64. The van der Waals surface area contributed by atoms with E-state index in [1.54, 1.807) is 24.3 Å². The number of hydrogen-bond donors (Lipinski definition) is 2. The second-order valence-electron chi connectivity index (χ2n) is 5.75. The van der Waals surface area contributed by atoms with Crippen LogP contribution in [0.25, 0.3) is 0 Å². The topological polar surface area (TPSA) is 76.7 Å². The smallest absolute Gasteiger partial charge is 0.314 e. The maximum absolute atomic E-state index is 12.2. The first-order valence-corrected chi connectivity index (χ1v) is 8.53. The summed E-state index contributed by atoms with van der Waals surface area (Å²) in [7, 11) is 0. The number of benzene rings is 2. The number of hydrogen-bond acceptors (Lipinski definition) is 4. The molecule has 2 aromatic carbocycles. The van der Waals surface area contributed by atoms with Gasteiger partial charge in [0, 0.05) is 17.4 Å². The minimum absolute atomic E-state index is 0.456. The van der Waals surface area contributed by atoms with Crippen LogP contribution in [0.3, 0.4) is 0 Å². The van der Waals surface area contributed by atoms with Crippen molar-refractivity contribution in [2.75, 3.05) is 23.8 Å². The Labute approximate surface area is 153 Å². The lowest BCUT2D eigenvalue weighted by atomic mass is 10.1. The van der Waals surface area contributed by atoms with E-state index in [2.05, 4.69) is 10.6 Å². The van der Waals surface area contributed by atoms with E-state index in [1.807, 2.05) is 39.8 Å². The molecule has 6 nitrogen and oxygen atoms in total. The molecule has 0 saturated carbocycles. The number of rotatable bonds is 6. The highest BCUT2D eigenvalue weighted by Gasteiger charge is 2.16. The summed E-state index contributed by atoms with van der Waals surface area (Å²) in [6.45, 7) is 8.55. The lowest BCUT2D eigenvalue weighted by Crippen LogP contribution is -2.29. The zero-order chi connectivity index (χ0) is 19.1. The van der Waals surface area contributed by atoms with Gasteiger partial charge >= 0.3 is 11.8 Å². The summed E-state index contributed by atoms with van der Waals surface area (Å²) in [6.07, 6.45) is 0. The Morgan fingerprint density at radius 2 is 1.50 bits per heavy atom. The number of amides is 2. The number of anilines is 2. The van der Waals surface area contributed by atoms with Crippen molar-refractivity contribution in [1.82, 2.24) is 0 Å². The Morgan fingerprint density at radius 3 is 2.15 bits per heavy atom. The first kappa shape index (κ1) is 19.3. The van der Waals surface area contributed by atoms with E-state index in [0.717, 1.165) is 11.1 Å². The van der Waals surface area contributed by atoms with Crippen LogP contribution in [0.15, 0.2) is 36.4 Å². The zero-order valence-electron chi connectivity index (χ0n) is 15.5. The van der Waals surface area contributed by atoms with Gasteiger partial charge in [0.05, 0.1) is 13.2 Å². The number of carbonyl (C=O) groups excluding carboxylic acids is 2. The highest BCUT2D eigenvalue weighted by atomic mass is 16.5. The summed E-state index contributed by atoms with van der Waals surface area (Å²) in [4.78, 5) is 24.3. The first-order valence-electron chi connectivity index (χ1n) is 8.53. The van der Waals surface area contributed by atoms with E-state index in [9.17, 15) is 9.59 Å². The molecule has 0 heterocycles. The van der Waals surface area contributed by atoms with E-state index in [0.29, 0.717) is 36.1 Å². The summed E-state index contributed by atoms with van der Waals surface area (Å²) in [6, 6.07) is 10.6. The van der Waals surface area contributed by atoms with Crippen LogP contribution in [0.4, 0.5) is 11.4 Å². The van der Waals surface area contributed by atoms with Gasteiger partial charge in [0.15, 0.2) is 11.5 Å². The van der Waals surface area contributed by atoms with Crippen molar-refractivity contribution in [2.45, 2.75) is 27.7 Å². The monoisotopic (exact) mass is 356 g/mol. The molecule has 0 unspecified atom stereocenters. The number of carbonyl (C=O) groups is 2. The Morgan fingerprint density at radius 1 is 0.846 bits per heavy atom. The summed E-state index contributed by atoms with van der Waals surface area (Å²) in [5, 5.41) is 5.20. The number of aryl methyl sites for hydroxylation is 2. The van der Waals surface area contributed by atoms with Crippen LogP contribution in [0.5, 0.6) is 11.5 Å². The van der Waals surface area contributed by atoms with Crippen molar-refractivity contribution >= 4 is 23.2 Å². The molecular weight excluding hydrogens is 332 g/mol. The number of nitrogens with one attached hydrogen (secondary N) is 2. The van der Waals surface area contributed by atoms with Crippen LogP contribution in [-0.2, 0) is 9.59 Å². The third-order valence-electron chi connectivity index (χ3n) is 3.64. The van der Waals surface area contributed by atoms with E-state index in [4.69, 9.17) is 9.47 Å². The van der Waals surface area contributed by atoms with Crippen molar-refractivity contribution < 1.29 is 19.1 Å². The molecule has 138 valence electrons. The van der Waals surface area contributed by atoms with Crippen molar-refractivity contribution in [3.63, 3.8) is 0 Å². The van der Waals surface area contributed by atoms with Gasteiger partial charge in [-0.15, -0.1) is 0 Å². The van der Waals surface area contributed by atoms with Crippen LogP contribution in [-0.4, -0.2) is 25.0 Å². The van der Waals surface area contributed by atoms with Crippen LogP contribution in [0.1, 0.15) is 25.0 Å². The Kier molecular flexibility index (Phi) is 6.60. The second-order valence-corrected chi connectivity index (χ2v) is 5.75.